The summed E-state index contributed by atoms with van der Waals surface area (Å²) in [5.74, 6) is 0.162. The van der Waals surface area contributed by atoms with Crippen molar-refractivity contribution in [2.24, 2.45) is 0 Å². The van der Waals surface area contributed by atoms with E-state index in [1.165, 1.54) is 11.8 Å². The van der Waals surface area contributed by atoms with Crippen LogP contribution in [0.3, 0.4) is 0 Å². The van der Waals surface area contributed by atoms with Gasteiger partial charge in [-0.3, -0.25) is 4.79 Å². The predicted octanol–water partition coefficient (Wildman–Crippen LogP) is 0.654. The molecule has 7 heteroatoms. The number of carbonyl (C=O) groups is 1. The number of hydrogen-bond donors (Lipinski definition) is 4. The molecule has 0 unspecified atom stereocenters. The largest absolute Gasteiger partial charge is 0.394 e. The molecular formula is C13H18ClNO4S. The van der Waals surface area contributed by atoms with Gasteiger partial charge >= 0.3 is 0 Å². The van der Waals surface area contributed by atoms with Crippen LogP contribution in [-0.2, 0) is 4.79 Å². The Balaban J connectivity index is 2.42. The summed E-state index contributed by atoms with van der Waals surface area (Å²) in [5.41, 5.74) is -1.37. The summed E-state index contributed by atoms with van der Waals surface area (Å²) in [6.45, 7) is -1.57. The molecule has 20 heavy (non-hydrogen) atoms. The third-order valence-electron chi connectivity index (χ3n) is 2.74. The van der Waals surface area contributed by atoms with E-state index in [-0.39, 0.29) is 12.3 Å². The van der Waals surface area contributed by atoms with Crippen molar-refractivity contribution in [2.75, 3.05) is 25.6 Å². The Bertz CT molecular complexity index is 432. The minimum atomic E-state index is -1.37. The summed E-state index contributed by atoms with van der Waals surface area (Å²) in [4.78, 5) is 12.6. The fraction of sp³-hybridized carbons (Fsp3) is 0.462. The van der Waals surface area contributed by atoms with E-state index in [1.54, 1.807) is 6.07 Å². The molecule has 0 saturated heterocycles. The maximum atomic E-state index is 11.7. The number of halogens is 1. The number of carbonyl (C=O) groups excluding carboxylic acids is 1. The van der Waals surface area contributed by atoms with Gasteiger partial charge < -0.3 is 20.6 Å². The molecule has 0 fully saturated rings. The molecule has 4 N–H and O–H groups in total. The monoisotopic (exact) mass is 319 g/mol. The Morgan fingerprint density at radius 1 is 1.20 bits per heavy atom. The number of thioether (sulfide) groups is 1. The van der Waals surface area contributed by atoms with Crippen LogP contribution in [0, 0.1) is 0 Å². The average molecular weight is 320 g/mol. The van der Waals surface area contributed by atoms with Crippen LogP contribution in [-0.4, -0.2) is 52.3 Å². The van der Waals surface area contributed by atoms with Gasteiger partial charge in [-0.25, -0.2) is 0 Å². The average Bonchev–Trinajstić information content (AvgIpc) is 2.47. The zero-order valence-corrected chi connectivity index (χ0v) is 12.5. The van der Waals surface area contributed by atoms with Crippen molar-refractivity contribution in [3.05, 3.63) is 29.3 Å². The number of benzene rings is 1. The summed E-state index contributed by atoms with van der Waals surface area (Å²) in [5, 5.41) is 30.4. The quantitative estimate of drug-likeness (QED) is 0.528. The fourth-order valence-corrected chi connectivity index (χ4v) is 2.63. The lowest BCUT2D eigenvalue weighted by atomic mass is 10.0. The van der Waals surface area contributed by atoms with E-state index in [2.05, 4.69) is 5.32 Å². The van der Waals surface area contributed by atoms with Crippen molar-refractivity contribution >= 4 is 29.3 Å². The van der Waals surface area contributed by atoms with Crippen molar-refractivity contribution in [2.45, 2.75) is 16.9 Å². The summed E-state index contributed by atoms with van der Waals surface area (Å²) >= 11 is 7.44. The van der Waals surface area contributed by atoms with Crippen LogP contribution in [0.5, 0.6) is 0 Å². The van der Waals surface area contributed by atoms with Crippen molar-refractivity contribution < 1.29 is 20.1 Å². The minimum Gasteiger partial charge on any atom is -0.394 e. The smallest absolute Gasteiger partial charge is 0.221 e. The number of amides is 1. The SMILES string of the molecule is O=C(CCSc1ccccc1Cl)NC(CO)(CO)CO. The highest BCUT2D eigenvalue weighted by molar-refractivity contribution is 7.99. The van der Waals surface area contributed by atoms with E-state index in [4.69, 9.17) is 26.9 Å². The van der Waals surface area contributed by atoms with Gasteiger partial charge in [-0.15, -0.1) is 11.8 Å². The molecule has 1 aromatic carbocycles. The lowest BCUT2D eigenvalue weighted by molar-refractivity contribution is -0.124. The molecule has 0 aliphatic rings. The predicted molar refractivity (Wildman–Crippen MR) is 78.9 cm³/mol. The Hall–Kier alpha value is -0.790. The van der Waals surface area contributed by atoms with Crippen molar-refractivity contribution in [1.29, 1.82) is 0 Å². The normalized spacial score (nSPS) is 11.4. The molecular weight excluding hydrogens is 302 g/mol. The zero-order chi connectivity index (χ0) is 15.0. The van der Waals surface area contributed by atoms with Gasteiger partial charge in [0, 0.05) is 17.1 Å². The van der Waals surface area contributed by atoms with Gasteiger partial charge in [-0.05, 0) is 12.1 Å². The van der Waals surface area contributed by atoms with Crippen LogP contribution in [0.25, 0.3) is 0 Å². The van der Waals surface area contributed by atoms with E-state index in [9.17, 15) is 4.79 Å². The Morgan fingerprint density at radius 3 is 2.35 bits per heavy atom. The first kappa shape index (κ1) is 17.3. The van der Waals surface area contributed by atoms with E-state index in [0.717, 1.165) is 4.90 Å². The van der Waals surface area contributed by atoms with Crippen LogP contribution in [0.1, 0.15) is 6.42 Å². The zero-order valence-electron chi connectivity index (χ0n) is 10.9. The van der Waals surface area contributed by atoms with Crippen LogP contribution in [0.2, 0.25) is 5.02 Å². The highest BCUT2D eigenvalue weighted by Gasteiger charge is 2.29. The molecule has 112 valence electrons. The van der Waals surface area contributed by atoms with Gasteiger partial charge in [0.15, 0.2) is 0 Å². The molecule has 1 amide bonds. The molecule has 0 radical (unpaired) electrons. The molecule has 0 aliphatic carbocycles. The number of hydrogen-bond acceptors (Lipinski definition) is 5. The molecule has 1 aromatic rings. The molecule has 0 saturated carbocycles. The Kier molecular flexibility index (Phi) is 7.32. The molecule has 0 atom stereocenters. The first-order valence-electron chi connectivity index (χ1n) is 6.08. The topological polar surface area (TPSA) is 89.8 Å². The van der Waals surface area contributed by atoms with E-state index >= 15 is 0 Å². The number of aliphatic hydroxyl groups is 3. The Labute approximate surface area is 127 Å². The highest BCUT2D eigenvalue weighted by atomic mass is 35.5. The molecule has 0 bridgehead atoms. The second-order valence-electron chi connectivity index (χ2n) is 4.33. The second kappa shape index (κ2) is 8.49. The fourth-order valence-electron chi connectivity index (χ4n) is 1.44. The van der Waals surface area contributed by atoms with Gasteiger partial charge in [-0.1, -0.05) is 23.7 Å². The molecule has 0 aliphatic heterocycles. The molecule has 0 spiro atoms. The lowest BCUT2D eigenvalue weighted by Gasteiger charge is -2.28. The molecule has 1 rings (SSSR count). The van der Waals surface area contributed by atoms with Crippen LogP contribution in [0.15, 0.2) is 29.2 Å². The van der Waals surface area contributed by atoms with Crippen molar-refractivity contribution in [3.8, 4) is 0 Å². The molecule has 0 aromatic heterocycles. The number of rotatable bonds is 8. The van der Waals surface area contributed by atoms with Crippen molar-refractivity contribution in [1.82, 2.24) is 5.32 Å². The maximum absolute atomic E-state index is 11.7. The first-order valence-corrected chi connectivity index (χ1v) is 7.44. The summed E-state index contributed by atoms with van der Waals surface area (Å²) in [7, 11) is 0. The third-order valence-corrected chi connectivity index (χ3v) is 4.25. The number of nitrogens with one attached hydrogen (secondary N) is 1. The molecule has 0 heterocycles. The highest BCUT2D eigenvalue weighted by Crippen LogP contribution is 2.26. The van der Waals surface area contributed by atoms with Crippen LogP contribution < -0.4 is 5.32 Å². The van der Waals surface area contributed by atoms with Crippen LogP contribution >= 0.6 is 23.4 Å². The van der Waals surface area contributed by atoms with Gasteiger partial charge in [0.05, 0.1) is 24.8 Å². The van der Waals surface area contributed by atoms with Gasteiger partial charge in [0.1, 0.15) is 5.54 Å². The Morgan fingerprint density at radius 2 is 1.80 bits per heavy atom. The summed E-state index contributed by atoms with van der Waals surface area (Å²) in [6, 6.07) is 7.34. The summed E-state index contributed by atoms with van der Waals surface area (Å²) < 4.78 is 0. The lowest BCUT2D eigenvalue weighted by Crippen LogP contribution is -2.57. The van der Waals surface area contributed by atoms with Crippen LogP contribution in [0.4, 0.5) is 0 Å². The third kappa shape index (κ3) is 4.96. The summed E-state index contributed by atoms with van der Waals surface area (Å²) in [6.07, 6.45) is 0.192. The first-order chi connectivity index (χ1) is 9.56. The standard InChI is InChI=1S/C13H18ClNO4S/c14-10-3-1-2-4-11(10)20-6-5-12(19)15-13(7-16,8-17)9-18/h1-4,16-18H,5-9H2,(H,15,19). The van der Waals surface area contributed by atoms with E-state index in [1.807, 2.05) is 18.2 Å². The van der Waals surface area contributed by atoms with Gasteiger partial charge in [-0.2, -0.15) is 0 Å². The van der Waals surface area contributed by atoms with E-state index in [0.29, 0.717) is 10.8 Å². The van der Waals surface area contributed by atoms with Gasteiger partial charge in [0.25, 0.3) is 0 Å². The van der Waals surface area contributed by atoms with Crippen molar-refractivity contribution in [3.63, 3.8) is 0 Å². The second-order valence-corrected chi connectivity index (χ2v) is 5.88. The van der Waals surface area contributed by atoms with Gasteiger partial charge in [0.2, 0.25) is 5.91 Å². The van der Waals surface area contributed by atoms with E-state index < -0.39 is 25.4 Å². The molecule has 5 nitrogen and oxygen atoms in total. The number of aliphatic hydroxyl groups excluding tert-OH is 3. The maximum Gasteiger partial charge on any atom is 0.221 e. The minimum absolute atomic E-state index is 0.192.